The van der Waals surface area contributed by atoms with Crippen LogP contribution in [-0.4, -0.2) is 5.78 Å². The monoisotopic (exact) mass is 251 g/mol. The topological polar surface area (TPSA) is 56.2 Å². The fourth-order valence-corrected chi connectivity index (χ4v) is 2.16. The molecule has 3 rings (SSSR count). The molecule has 0 aliphatic heterocycles. The van der Waals surface area contributed by atoms with Crippen molar-refractivity contribution in [2.75, 3.05) is 5.73 Å². The van der Waals surface area contributed by atoms with E-state index in [4.69, 9.17) is 10.2 Å². The van der Waals surface area contributed by atoms with Crippen LogP contribution in [0.1, 0.15) is 21.7 Å². The number of carbonyl (C=O) groups is 1. The van der Waals surface area contributed by atoms with Crippen LogP contribution in [0, 0.1) is 6.92 Å². The largest absolute Gasteiger partial charge is 0.452 e. The molecule has 2 aromatic carbocycles. The van der Waals surface area contributed by atoms with Gasteiger partial charge in [-0.05, 0) is 30.7 Å². The fraction of sp³-hybridized carbons (Fsp3) is 0.0625. The molecule has 0 unspecified atom stereocenters. The van der Waals surface area contributed by atoms with Crippen molar-refractivity contribution in [2.24, 2.45) is 0 Å². The van der Waals surface area contributed by atoms with Crippen LogP contribution in [0.3, 0.4) is 0 Å². The average Bonchev–Trinajstić information content (AvgIpc) is 2.84. The maximum absolute atomic E-state index is 12.4. The lowest BCUT2D eigenvalue weighted by Crippen LogP contribution is -2.03. The van der Waals surface area contributed by atoms with Crippen LogP contribution >= 0.6 is 0 Å². The SMILES string of the molecule is Cc1cccc2cc(C(=O)c3ccccc3N)oc12. The fourth-order valence-electron chi connectivity index (χ4n) is 2.16. The van der Waals surface area contributed by atoms with Gasteiger partial charge >= 0.3 is 0 Å². The van der Waals surface area contributed by atoms with Crippen molar-refractivity contribution in [3.8, 4) is 0 Å². The number of nitrogens with two attached hydrogens (primary N) is 1. The van der Waals surface area contributed by atoms with E-state index in [1.54, 1.807) is 30.3 Å². The number of fused-ring (bicyclic) bond motifs is 1. The minimum absolute atomic E-state index is 0.186. The molecular formula is C16H13NO2. The van der Waals surface area contributed by atoms with Gasteiger partial charge in [0.2, 0.25) is 5.78 Å². The lowest BCUT2D eigenvalue weighted by atomic mass is 10.1. The van der Waals surface area contributed by atoms with Crippen molar-refractivity contribution >= 4 is 22.4 Å². The van der Waals surface area contributed by atoms with Crippen LogP contribution in [0.25, 0.3) is 11.0 Å². The minimum Gasteiger partial charge on any atom is -0.452 e. The van der Waals surface area contributed by atoms with Gasteiger partial charge in [0.15, 0.2) is 5.76 Å². The van der Waals surface area contributed by atoms with E-state index in [2.05, 4.69) is 0 Å². The summed E-state index contributed by atoms with van der Waals surface area (Å²) in [5.41, 5.74) is 8.52. The minimum atomic E-state index is -0.186. The molecule has 0 spiro atoms. The van der Waals surface area contributed by atoms with Crippen molar-refractivity contribution < 1.29 is 9.21 Å². The second kappa shape index (κ2) is 4.28. The average molecular weight is 251 g/mol. The lowest BCUT2D eigenvalue weighted by molar-refractivity contribution is 0.101. The van der Waals surface area contributed by atoms with Crippen molar-refractivity contribution in [3.63, 3.8) is 0 Å². The van der Waals surface area contributed by atoms with Crippen molar-refractivity contribution in [1.29, 1.82) is 0 Å². The zero-order chi connectivity index (χ0) is 13.4. The number of hydrogen-bond acceptors (Lipinski definition) is 3. The Balaban J connectivity index is 2.12. The molecule has 0 saturated heterocycles. The number of benzene rings is 2. The third-order valence-electron chi connectivity index (χ3n) is 3.17. The third-order valence-corrected chi connectivity index (χ3v) is 3.17. The summed E-state index contributed by atoms with van der Waals surface area (Å²) in [6.07, 6.45) is 0. The van der Waals surface area contributed by atoms with Gasteiger partial charge < -0.3 is 10.2 Å². The normalized spacial score (nSPS) is 10.8. The molecule has 0 radical (unpaired) electrons. The summed E-state index contributed by atoms with van der Waals surface area (Å²) in [4.78, 5) is 12.4. The van der Waals surface area contributed by atoms with Gasteiger partial charge in [-0.2, -0.15) is 0 Å². The van der Waals surface area contributed by atoms with E-state index in [1.807, 2.05) is 25.1 Å². The van der Waals surface area contributed by atoms with Crippen LogP contribution in [-0.2, 0) is 0 Å². The first-order valence-corrected chi connectivity index (χ1v) is 6.05. The smallest absolute Gasteiger partial charge is 0.230 e. The van der Waals surface area contributed by atoms with Crippen molar-refractivity contribution in [2.45, 2.75) is 6.92 Å². The van der Waals surface area contributed by atoms with Crippen LogP contribution in [0.2, 0.25) is 0 Å². The van der Waals surface area contributed by atoms with E-state index in [9.17, 15) is 4.79 Å². The molecule has 94 valence electrons. The lowest BCUT2D eigenvalue weighted by Gasteiger charge is -2.01. The summed E-state index contributed by atoms with van der Waals surface area (Å²) in [5, 5.41) is 0.929. The van der Waals surface area contributed by atoms with Crippen molar-refractivity contribution in [3.05, 3.63) is 65.4 Å². The number of anilines is 1. The van der Waals surface area contributed by atoms with E-state index in [1.165, 1.54) is 0 Å². The zero-order valence-corrected chi connectivity index (χ0v) is 10.5. The van der Waals surface area contributed by atoms with Crippen LogP contribution in [0.5, 0.6) is 0 Å². The summed E-state index contributed by atoms with van der Waals surface area (Å²) >= 11 is 0. The Labute approximate surface area is 110 Å². The summed E-state index contributed by atoms with van der Waals surface area (Å²) in [7, 11) is 0. The third kappa shape index (κ3) is 1.89. The Morgan fingerprint density at radius 1 is 1.11 bits per heavy atom. The summed E-state index contributed by atoms with van der Waals surface area (Å²) in [6, 6.07) is 14.6. The number of rotatable bonds is 2. The zero-order valence-electron chi connectivity index (χ0n) is 10.5. The maximum Gasteiger partial charge on any atom is 0.230 e. The number of nitrogen functional groups attached to an aromatic ring is 1. The van der Waals surface area contributed by atoms with Gasteiger partial charge in [-0.25, -0.2) is 0 Å². The number of hydrogen-bond donors (Lipinski definition) is 1. The highest BCUT2D eigenvalue weighted by atomic mass is 16.3. The molecule has 3 aromatic rings. The summed E-state index contributed by atoms with van der Waals surface area (Å²) in [5.74, 6) is 0.135. The van der Waals surface area contributed by atoms with E-state index in [0.29, 0.717) is 17.0 Å². The Morgan fingerprint density at radius 3 is 2.63 bits per heavy atom. The molecule has 0 fully saturated rings. The molecule has 0 saturated carbocycles. The van der Waals surface area contributed by atoms with Gasteiger partial charge in [0.1, 0.15) is 5.58 Å². The summed E-state index contributed by atoms with van der Waals surface area (Å²) < 4.78 is 5.66. The number of ketones is 1. The molecule has 3 nitrogen and oxygen atoms in total. The Hall–Kier alpha value is -2.55. The standard InChI is InChI=1S/C16H13NO2/c1-10-5-4-6-11-9-14(19-16(10)11)15(18)12-7-2-3-8-13(12)17/h2-9H,17H2,1H3. The molecule has 0 aliphatic carbocycles. The Bertz CT molecular complexity index is 771. The van der Waals surface area contributed by atoms with E-state index in [-0.39, 0.29) is 5.78 Å². The van der Waals surface area contributed by atoms with Gasteiger partial charge in [0.25, 0.3) is 0 Å². The van der Waals surface area contributed by atoms with Gasteiger partial charge in [0, 0.05) is 16.6 Å². The quantitative estimate of drug-likeness (QED) is 0.559. The number of aryl methyl sites for hydroxylation is 1. The second-order valence-electron chi connectivity index (χ2n) is 4.52. The van der Waals surface area contributed by atoms with E-state index in [0.717, 1.165) is 16.5 Å². The molecule has 0 atom stereocenters. The molecule has 1 aromatic heterocycles. The number of furan rings is 1. The Morgan fingerprint density at radius 2 is 1.89 bits per heavy atom. The van der Waals surface area contributed by atoms with Gasteiger partial charge in [-0.1, -0.05) is 30.3 Å². The first-order valence-electron chi connectivity index (χ1n) is 6.05. The molecule has 3 heteroatoms. The van der Waals surface area contributed by atoms with Crippen LogP contribution in [0.15, 0.2) is 52.9 Å². The molecule has 0 bridgehead atoms. The van der Waals surface area contributed by atoms with E-state index >= 15 is 0 Å². The second-order valence-corrected chi connectivity index (χ2v) is 4.52. The number of carbonyl (C=O) groups excluding carboxylic acids is 1. The molecule has 1 heterocycles. The van der Waals surface area contributed by atoms with E-state index < -0.39 is 0 Å². The highest BCUT2D eigenvalue weighted by molar-refractivity contribution is 6.12. The summed E-state index contributed by atoms with van der Waals surface area (Å²) in [6.45, 7) is 1.96. The highest BCUT2D eigenvalue weighted by Crippen LogP contribution is 2.25. The van der Waals surface area contributed by atoms with Crippen molar-refractivity contribution in [1.82, 2.24) is 0 Å². The molecule has 0 aliphatic rings. The molecular weight excluding hydrogens is 238 g/mol. The predicted octanol–water partition coefficient (Wildman–Crippen LogP) is 3.55. The molecule has 19 heavy (non-hydrogen) atoms. The maximum atomic E-state index is 12.4. The highest BCUT2D eigenvalue weighted by Gasteiger charge is 2.17. The molecule has 0 amide bonds. The van der Waals surface area contributed by atoms with Crippen LogP contribution in [0.4, 0.5) is 5.69 Å². The Kier molecular flexibility index (Phi) is 2.60. The first-order chi connectivity index (χ1) is 9.16. The number of para-hydroxylation sites is 2. The first kappa shape index (κ1) is 11.5. The van der Waals surface area contributed by atoms with Gasteiger partial charge in [-0.3, -0.25) is 4.79 Å². The predicted molar refractivity (Wildman–Crippen MR) is 75.2 cm³/mol. The molecule has 2 N–H and O–H groups in total. The van der Waals surface area contributed by atoms with Crippen LogP contribution < -0.4 is 5.73 Å². The van der Waals surface area contributed by atoms with Gasteiger partial charge in [0.05, 0.1) is 0 Å². The van der Waals surface area contributed by atoms with Gasteiger partial charge in [-0.15, -0.1) is 0 Å².